The van der Waals surface area contributed by atoms with E-state index in [1.807, 2.05) is 6.07 Å². The third-order valence-electron chi connectivity index (χ3n) is 4.81. The fourth-order valence-corrected chi connectivity index (χ4v) is 6.44. The second-order valence-corrected chi connectivity index (χ2v) is 9.73. The topological polar surface area (TPSA) is 20.2 Å². The molecule has 1 heterocycles. The van der Waals surface area contributed by atoms with E-state index in [9.17, 15) is 5.11 Å². The third kappa shape index (κ3) is 2.59. The van der Waals surface area contributed by atoms with E-state index in [4.69, 9.17) is 0 Å². The lowest BCUT2D eigenvalue weighted by molar-refractivity contribution is 0.471. The quantitative estimate of drug-likeness (QED) is 0.216. The predicted octanol–water partition coefficient (Wildman–Crippen LogP) is 8.87. The maximum absolute atomic E-state index is 10.1. The monoisotopic (exact) mass is 560 g/mol. The van der Waals surface area contributed by atoms with Gasteiger partial charge in [-0.2, -0.15) is 0 Å². The maximum Gasteiger partial charge on any atom is 0.130 e. The van der Waals surface area contributed by atoms with Crippen LogP contribution in [0.15, 0.2) is 74.1 Å². The molecular formula is C22H11Br3OS. The summed E-state index contributed by atoms with van der Waals surface area (Å²) in [7, 11) is 0. The SMILES string of the molecule is Oc1ccc(-c2c3ccccc3c(Br)c3sc4ccccc4c23)c(Br)c1Br. The number of fused-ring (bicyclic) bond motifs is 4. The largest absolute Gasteiger partial charge is 0.507 e. The molecule has 1 nitrogen and oxygen atoms in total. The van der Waals surface area contributed by atoms with Crippen molar-refractivity contribution in [2.24, 2.45) is 0 Å². The molecule has 0 unspecified atom stereocenters. The number of phenolic OH excluding ortho intramolecular Hbond substituents is 1. The van der Waals surface area contributed by atoms with Gasteiger partial charge < -0.3 is 5.11 Å². The van der Waals surface area contributed by atoms with Gasteiger partial charge in [0.1, 0.15) is 5.75 Å². The first-order chi connectivity index (χ1) is 13.1. The van der Waals surface area contributed by atoms with Gasteiger partial charge in [-0.25, -0.2) is 0 Å². The highest BCUT2D eigenvalue weighted by Gasteiger charge is 2.21. The highest BCUT2D eigenvalue weighted by Crippen LogP contribution is 2.50. The second kappa shape index (κ2) is 6.59. The first kappa shape index (κ1) is 17.7. The van der Waals surface area contributed by atoms with Crippen LogP contribution in [-0.2, 0) is 0 Å². The van der Waals surface area contributed by atoms with Crippen LogP contribution in [0, 0.1) is 0 Å². The highest BCUT2D eigenvalue weighted by atomic mass is 79.9. The summed E-state index contributed by atoms with van der Waals surface area (Å²) in [5, 5.41) is 14.9. The van der Waals surface area contributed by atoms with E-state index in [0.717, 1.165) is 14.5 Å². The lowest BCUT2D eigenvalue weighted by atomic mass is 9.93. The Morgan fingerprint density at radius 1 is 0.667 bits per heavy atom. The van der Waals surface area contributed by atoms with Gasteiger partial charge in [-0.3, -0.25) is 0 Å². The van der Waals surface area contributed by atoms with Crippen LogP contribution < -0.4 is 0 Å². The van der Waals surface area contributed by atoms with E-state index >= 15 is 0 Å². The molecule has 0 amide bonds. The molecule has 0 aliphatic heterocycles. The van der Waals surface area contributed by atoms with E-state index < -0.39 is 0 Å². The standard InChI is InChI=1S/C22H11Br3OS/c23-19-14(9-10-15(26)21(19)25)17-11-5-1-2-6-12(11)20(24)22-18(17)13-7-3-4-8-16(13)27-22/h1-10,26H. The van der Waals surface area contributed by atoms with Crippen LogP contribution in [0.5, 0.6) is 5.75 Å². The lowest BCUT2D eigenvalue weighted by Crippen LogP contribution is -1.88. The summed E-state index contributed by atoms with van der Waals surface area (Å²) in [6.07, 6.45) is 0. The molecule has 0 spiro atoms. The molecule has 0 saturated heterocycles. The van der Waals surface area contributed by atoms with Crippen LogP contribution in [-0.4, -0.2) is 5.11 Å². The van der Waals surface area contributed by atoms with Gasteiger partial charge in [0.15, 0.2) is 0 Å². The number of hydrogen-bond donors (Lipinski definition) is 1. The Balaban J connectivity index is 2.10. The molecule has 4 aromatic carbocycles. The molecule has 5 aromatic rings. The zero-order valence-electron chi connectivity index (χ0n) is 13.8. The summed E-state index contributed by atoms with van der Waals surface area (Å²) in [5.41, 5.74) is 2.23. The van der Waals surface area contributed by atoms with Crippen LogP contribution in [0.2, 0.25) is 0 Å². The maximum atomic E-state index is 10.1. The van der Waals surface area contributed by atoms with Gasteiger partial charge in [0.05, 0.1) is 9.17 Å². The van der Waals surface area contributed by atoms with Crippen molar-refractivity contribution in [2.75, 3.05) is 0 Å². The highest BCUT2D eigenvalue weighted by molar-refractivity contribution is 9.13. The van der Waals surface area contributed by atoms with Crippen LogP contribution in [0.3, 0.4) is 0 Å². The molecule has 1 aromatic heterocycles. The van der Waals surface area contributed by atoms with Gasteiger partial charge in [0, 0.05) is 30.0 Å². The van der Waals surface area contributed by atoms with E-state index in [-0.39, 0.29) is 5.75 Å². The Kier molecular flexibility index (Phi) is 4.32. The van der Waals surface area contributed by atoms with E-state index in [2.05, 4.69) is 96.3 Å². The fourth-order valence-electron chi connectivity index (χ4n) is 3.61. The second-order valence-electron chi connectivity index (χ2n) is 6.30. The smallest absolute Gasteiger partial charge is 0.130 e. The van der Waals surface area contributed by atoms with E-state index in [1.165, 1.54) is 36.5 Å². The summed E-state index contributed by atoms with van der Waals surface area (Å²) in [4.78, 5) is 0. The average molecular weight is 563 g/mol. The summed E-state index contributed by atoms with van der Waals surface area (Å²) >= 11 is 12.9. The van der Waals surface area contributed by atoms with Gasteiger partial charge in [-0.15, -0.1) is 11.3 Å². The number of aromatic hydroxyl groups is 1. The van der Waals surface area contributed by atoms with Crippen molar-refractivity contribution >= 4 is 90.1 Å². The molecular weight excluding hydrogens is 552 g/mol. The predicted molar refractivity (Wildman–Crippen MR) is 127 cm³/mol. The summed E-state index contributed by atoms with van der Waals surface area (Å²) in [5.74, 6) is 0.221. The Morgan fingerprint density at radius 2 is 1.33 bits per heavy atom. The van der Waals surface area contributed by atoms with Crippen molar-refractivity contribution in [1.82, 2.24) is 0 Å². The number of rotatable bonds is 1. The molecule has 132 valence electrons. The molecule has 27 heavy (non-hydrogen) atoms. The van der Waals surface area contributed by atoms with Crippen molar-refractivity contribution in [3.63, 3.8) is 0 Å². The van der Waals surface area contributed by atoms with Crippen molar-refractivity contribution in [2.45, 2.75) is 0 Å². The van der Waals surface area contributed by atoms with Crippen molar-refractivity contribution < 1.29 is 5.11 Å². The zero-order chi connectivity index (χ0) is 18.7. The molecule has 0 radical (unpaired) electrons. The summed E-state index contributed by atoms with van der Waals surface area (Å²) in [6.45, 7) is 0. The van der Waals surface area contributed by atoms with Crippen LogP contribution in [0.25, 0.3) is 42.1 Å². The van der Waals surface area contributed by atoms with Gasteiger partial charge in [0.2, 0.25) is 0 Å². The molecule has 0 bridgehead atoms. The van der Waals surface area contributed by atoms with Crippen molar-refractivity contribution in [3.8, 4) is 16.9 Å². The van der Waals surface area contributed by atoms with Crippen molar-refractivity contribution in [3.05, 3.63) is 74.1 Å². The van der Waals surface area contributed by atoms with Gasteiger partial charge in [-0.1, -0.05) is 42.5 Å². The molecule has 0 saturated carbocycles. The first-order valence-electron chi connectivity index (χ1n) is 8.26. The Morgan fingerprint density at radius 3 is 2.11 bits per heavy atom. The molecule has 5 heteroatoms. The minimum absolute atomic E-state index is 0.221. The normalized spacial score (nSPS) is 11.7. The lowest BCUT2D eigenvalue weighted by Gasteiger charge is -2.15. The summed E-state index contributed by atoms with van der Waals surface area (Å²) < 4.78 is 5.15. The molecule has 0 atom stereocenters. The Hall–Kier alpha value is -1.40. The van der Waals surface area contributed by atoms with Crippen LogP contribution in [0.1, 0.15) is 0 Å². The molecule has 1 N–H and O–H groups in total. The third-order valence-corrected chi connectivity index (χ3v) is 9.24. The Bertz CT molecular complexity index is 1370. The molecule has 0 aliphatic rings. The van der Waals surface area contributed by atoms with Crippen molar-refractivity contribution in [1.29, 1.82) is 0 Å². The van der Waals surface area contributed by atoms with Gasteiger partial charge in [-0.05, 0) is 82.3 Å². The van der Waals surface area contributed by atoms with Crippen LogP contribution in [0.4, 0.5) is 0 Å². The number of hydrogen-bond acceptors (Lipinski definition) is 2. The minimum Gasteiger partial charge on any atom is -0.507 e. The van der Waals surface area contributed by atoms with Gasteiger partial charge in [0.25, 0.3) is 0 Å². The number of benzene rings is 4. The molecule has 0 fully saturated rings. The number of phenols is 1. The minimum atomic E-state index is 0.221. The zero-order valence-corrected chi connectivity index (χ0v) is 19.3. The molecule has 0 aliphatic carbocycles. The van der Waals surface area contributed by atoms with E-state index in [0.29, 0.717) is 4.47 Å². The van der Waals surface area contributed by atoms with Crippen LogP contribution >= 0.6 is 59.1 Å². The summed E-state index contributed by atoms with van der Waals surface area (Å²) in [6, 6.07) is 20.7. The molecule has 5 rings (SSSR count). The fraction of sp³-hybridized carbons (Fsp3) is 0. The number of halogens is 3. The first-order valence-corrected chi connectivity index (χ1v) is 11.5. The average Bonchev–Trinajstić information content (AvgIpc) is 3.08. The van der Waals surface area contributed by atoms with Gasteiger partial charge >= 0.3 is 0 Å². The van der Waals surface area contributed by atoms with E-state index in [1.54, 1.807) is 17.4 Å². The Labute approximate surface area is 185 Å². The number of thiophene rings is 1.